The van der Waals surface area contributed by atoms with E-state index in [0.717, 1.165) is 17.9 Å². The first-order chi connectivity index (χ1) is 5.13. The molecule has 0 aromatic carbocycles. The summed E-state index contributed by atoms with van der Waals surface area (Å²) in [5, 5.41) is 0. The molecule has 0 heterocycles. The third-order valence-electron chi connectivity index (χ3n) is 0.740. The topological polar surface area (TPSA) is 0 Å². The predicted octanol–water partition coefficient (Wildman–Crippen LogP) is 3.27. The standard InChI is InChI=1S/C5H8S6/c6-4(7)10-2-1-3-11-5(8)9/h1-3H2,(H,6,7)(H,8,9). The van der Waals surface area contributed by atoms with Gasteiger partial charge in [0.2, 0.25) is 0 Å². The molecule has 0 fully saturated rings. The summed E-state index contributed by atoms with van der Waals surface area (Å²) in [7, 11) is 0. The molecule has 0 amide bonds. The molecule has 0 unspecified atom stereocenters. The normalized spacial score (nSPS) is 9.64. The van der Waals surface area contributed by atoms with E-state index in [1.54, 1.807) is 23.5 Å². The number of thiol groups is 2. The summed E-state index contributed by atoms with van der Waals surface area (Å²) in [5.74, 6) is 2.04. The Hall–Kier alpha value is 1.58. The van der Waals surface area contributed by atoms with Crippen LogP contribution in [0.5, 0.6) is 0 Å². The van der Waals surface area contributed by atoms with Crippen LogP contribution >= 0.6 is 73.2 Å². The van der Waals surface area contributed by atoms with E-state index in [9.17, 15) is 0 Å². The Kier molecular flexibility index (Phi) is 9.37. The predicted molar refractivity (Wildman–Crippen MR) is 72.7 cm³/mol. The van der Waals surface area contributed by atoms with Crippen LogP contribution in [-0.4, -0.2) is 18.6 Å². The Bertz CT molecular complexity index is 126. The fourth-order valence-electron chi connectivity index (χ4n) is 0.378. The number of hydrogen-bond donors (Lipinski definition) is 2. The molecule has 0 aliphatic heterocycles. The van der Waals surface area contributed by atoms with E-state index in [0.29, 0.717) is 7.06 Å². The Morgan fingerprint density at radius 1 is 1.00 bits per heavy atom. The minimum Gasteiger partial charge on any atom is -0.125 e. The largest absolute Gasteiger partial charge is 0.125 e. The summed E-state index contributed by atoms with van der Waals surface area (Å²) in [4.78, 5) is 0. The molecule has 0 nitrogen and oxygen atoms in total. The molecule has 0 spiro atoms. The molecule has 0 saturated heterocycles. The Balaban J connectivity index is 3.03. The van der Waals surface area contributed by atoms with Crippen molar-refractivity contribution in [1.82, 2.24) is 0 Å². The average molecular weight is 261 g/mol. The molecule has 0 saturated carbocycles. The molecule has 0 bridgehead atoms. The Morgan fingerprint density at radius 2 is 1.36 bits per heavy atom. The fourth-order valence-corrected chi connectivity index (χ4v) is 2.53. The van der Waals surface area contributed by atoms with Gasteiger partial charge in [0.05, 0.1) is 0 Å². The molecule has 0 N–H and O–H groups in total. The highest BCUT2D eigenvalue weighted by atomic mass is 32.2. The molecule has 0 radical (unpaired) electrons. The molecule has 0 atom stereocenters. The minimum atomic E-state index is 0.712. The van der Waals surface area contributed by atoms with Crippen LogP contribution in [0.4, 0.5) is 0 Å². The zero-order valence-electron chi connectivity index (χ0n) is 5.65. The lowest BCUT2D eigenvalue weighted by molar-refractivity contribution is 1.13. The second-order valence-corrected chi connectivity index (χ2v) is 7.23. The smallest absolute Gasteiger partial charge is 0.101 e. The van der Waals surface area contributed by atoms with Crippen LogP contribution in [0.3, 0.4) is 0 Å². The van der Waals surface area contributed by atoms with Crippen LogP contribution in [0.15, 0.2) is 0 Å². The van der Waals surface area contributed by atoms with Gasteiger partial charge in [-0.1, -0.05) is 24.4 Å². The van der Waals surface area contributed by atoms with Crippen molar-refractivity contribution in [2.24, 2.45) is 0 Å². The van der Waals surface area contributed by atoms with Crippen molar-refractivity contribution in [2.45, 2.75) is 6.42 Å². The molecule has 0 aromatic rings. The van der Waals surface area contributed by atoms with Gasteiger partial charge in [0.15, 0.2) is 0 Å². The van der Waals surface area contributed by atoms with Gasteiger partial charge in [0.1, 0.15) is 7.06 Å². The first kappa shape index (κ1) is 12.6. The monoisotopic (exact) mass is 260 g/mol. The summed E-state index contributed by atoms with van der Waals surface area (Å²) >= 11 is 20.7. The van der Waals surface area contributed by atoms with Gasteiger partial charge in [-0.15, -0.1) is 48.8 Å². The maximum Gasteiger partial charge on any atom is 0.101 e. The van der Waals surface area contributed by atoms with Gasteiger partial charge in [-0.2, -0.15) is 0 Å². The lowest BCUT2D eigenvalue weighted by Crippen LogP contribution is -1.86. The molecule has 0 aliphatic rings. The third-order valence-corrected chi connectivity index (χ3v) is 3.70. The summed E-state index contributed by atoms with van der Waals surface area (Å²) in [6, 6.07) is 0. The molecule has 11 heavy (non-hydrogen) atoms. The molecule has 0 aliphatic carbocycles. The molecule has 64 valence electrons. The third kappa shape index (κ3) is 11.6. The molecule has 6 heteroatoms. The van der Waals surface area contributed by atoms with Crippen LogP contribution in [0.2, 0.25) is 0 Å². The van der Waals surface area contributed by atoms with E-state index < -0.39 is 0 Å². The number of hydrogen-bond acceptors (Lipinski definition) is 4. The molecular formula is C5H8S6. The van der Waals surface area contributed by atoms with Crippen LogP contribution < -0.4 is 0 Å². The van der Waals surface area contributed by atoms with Crippen molar-refractivity contribution in [3.8, 4) is 0 Å². The zero-order valence-corrected chi connectivity index (χ0v) is 10.7. The number of thiocarbonyl (C=S) groups is 2. The highest BCUT2D eigenvalue weighted by Crippen LogP contribution is 2.13. The first-order valence-corrected chi connectivity index (χ1v) is 6.52. The summed E-state index contributed by atoms with van der Waals surface area (Å²) in [5.41, 5.74) is 0. The van der Waals surface area contributed by atoms with E-state index in [-0.39, 0.29) is 0 Å². The van der Waals surface area contributed by atoms with Gasteiger partial charge in [0.25, 0.3) is 0 Å². The molecular weight excluding hydrogens is 252 g/mol. The lowest BCUT2D eigenvalue weighted by atomic mass is 10.6. The van der Waals surface area contributed by atoms with Gasteiger partial charge < -0.3 is 0 Å². The van der Waals surface area contributed by atoms with Crippen molar-refractivity contribution in [3.05, 3.63) is 0 Å². The SMILES string of the molecule is S=C(S)SCCCSC(=S)S. The van der Waals surface area contributed by atoms with E-state index in [1.807, 2.05) is 0 Å². The number of thioether (sulfide) groups is 2. The van der Waals surface area contributed by atoms with Crippen molar-refractivity contribution in [2.75, 3.05) is 11.5 Å². The van der Waals surface area contributed by atoms with Crippen molar-refractivity contribution < 1.29 is 0 Å². The van der Waals surface area contributed by atoms with E-state index in [4.69, 9.17) is 24.4 Å². The van der Waals surface area contributed by atoms with Crippen molar-refractivity contribution >= 4 is 80.3 Å². The molecule has 0 aromatic heterocycles. The Labute approximate surface area is 97.5 Å². The van der Waals surface area contributed by atoms with Gasteiger partial charge in [-0.05, 0) is 6.42 Å². The van der Waals surface area contributed by atoms with Crippen LogP contribution in [-0.2, 0) is 0 Å². The van der Waals surface area contributed by atoms with Gasteiger partial charge in [0, 0.05) is 11.5 Å². The van der Waals surface area contributed by atoms with Crippen LogP contribution in [0.25, 0.3) is 0 Å². The Morgan fingerprint density at radius 3 is 1.64 bits per heavy atom. The van der Waals surface area contributed by atoms with E-state index >= 15 is 0 Å². The molecule has 0 rings (SSSR count). The van der Waals surface area contributed by atoms with Crippen LogP contribution in [0, 0.1) is 0 Å². The van der Waals surface area contributed by atoms with Crippen molar-refractivity contribution in [1.29, 1.82) is 0 Å². The quantitative estimate of drug-likeness (QED) is 0.452. The fraction of sp³-hybridized carbons (Fsp3) is 0.600. The second kappa shape index (κ2) is 8.19. The first-order valence-electron chi connectivity index (χ1n) is 2.84. The maximum absolute atomic E-state index is 4.78. The highest BCUT2D eigenvalue weighted by molar-refractivity contribution is 8.42. The highest BCUT2D eigenvalue weighted by Gasteiger charge is 1.93. The van der Waals surface area contributed by atoms with Gasteiger partial charge in [-0.25, -0.2) is 0 Å². The second-order valence-electron chi connectivity index (χ2n) is 1.58. The van der Waals surface area contributed by atoms with Crippen LogP contribution in [0.1, 0.15) is 6.42 Å². The average Bonchev–Trinajstić information content (AvgIpc) is 1.85. The zero-order chi connectivity index (χ0) is 8.69. The summed E-state index contributed by atoms with van der Waals surface area (Å²) in [6.45, 7) is 0. The minimum absolute atomic E-state index is 0.712. The lowest BCUT2D eigenvalue weighted by Gasteiger charge is -1.97. The number of rotatable bonds is 4. The summed E-state index contributed by atoms with van der Waals surface area (Å²) in [6.07, 6.45) is 1.09. The van der Waals surface area contributed by atoms with E-state index in [1.165, 1.54) is 0 Å². The van der Waals surface area contributed by atoms with Crippen molar-refractivity contribution in [3.63, 3.8) is 0 Å². The summed E-state index contributed by atoms with van der Waals surface area (Å²) < 4.78 is 1.42. The maximum atomic E-state index is 4.78. The van der Waals surface area contributed by atoms with E-state index in [2.05, 4.69) is 25.3 Å². The van der Waals surface area contributed by atoms with Gasteiger partial charge in [-0.3, -0.25) is 0 Å². The van der Waals surface area contributed by atoms with Gasteiger partial charge >= 0.3 is 0 Å².